The van der Waals surface area contributed by atoms with Crippen molar-refractivity contribution in [2.45, 2.75) is 24.7 Å². The highest BCUT2D eigenvalue weighted by molar-refractivity contribution is 7.99. The maximum Gasteiger partial charge on any atom is 0.404 e. The fraction of sp³-hybridized carbons (Fsp3) is 0.417. The number of rotatable bonds is 3. The van der Waals surface area contributed by atoms with E-state index in [2.05, 4.69) is 11.0 Å². The molecule has 0 aromatic heterocycles. The zero-order chi connectivity index (χ0) is 11.8. The van der Waals surface area contributed by atoms with Gasteiger partial charge >= 0.3 is 6.09 Å². The largest absolute Gasteiger partial charge is 0.445 e. The fourth-order valence-corrected chi connectivity index (χ4v) is 1.64. The second-order valence-electron chi connectivity index (χ2n) is 3.53. The molecule has 88 valence electrons. The molecule has 0 spiro atoms. The highest BCUT2D eigenvalue weighted by atomic mass is 32.2. The highest BCUT2D eigenvalue weighted by Gasteiger charge is 2.18. The molecule has 0 atom stereocenters. The predicted octanol–water partition coefficient (Wildman–Crippen LogP) is 2.79. The Hall–Kier alpha value is -1.16. The van der Waals surface area contributed by atoms with Crippen molar-refractivity contribution in [3.8, 4) is 0 Å². The van der Waals surface area contributed by atoms with E-state index in [4.69, 9.17) is 5.73 Å². The van der Waals surface area contributed by atoms with Crippen LogP contribution in [0.3, 0.4) is 0 Å². The molecule has 1 aliphatic rings. The quantitative estimate of drug-likeness (QED) is 0.882. The van der Waals surface area contributed by atoms with Gasteiger partial charge in [-0.3, -0.25) is 0 Å². The van der Waals surface area contributed by atoms with Gasteiger partial charge in [0.2, 0.25) is 0 Å². The van der Waals surface area contributed by atoms with E-state index in [0.717, 1.165) is 10.8 Å². The fourth-order valence-electron chi connectivity index (χ4n) is 1.03. The van der Waals surface area contributed by atoms with Gasteiger partial charge in [0.1, 0.15) is 6.61 Å². The van der Waals surface area contributed by atoms with Crippen molar-refractivity contribution in [1.82, 2.24) is 0 Å². The second-order valence-corrected chi connectivity index (χ2v) is 4.67. The molecule has 0 saturated heterocycles. The van der Waals surface area contributed by atoms with E-state index >= 15 is 0 Å². The van der Waals surface area contributed by atoms with Crippen molar-refractivity contribution in [2.75, 3.05) is 6.26 Å². The summed E-state index contributed by atoms with van der Waals surface area (Å²) in [7, 11) is 0. The summed E-state index contributed by atoms with van der Waals surface area (Å²) < 4.78 is 4.57. The molecule has 1 aromatic rings. The van der Waals surface area contributed by atoms with Crippen LogP contribution in [0, 0.1) is 0 Å². The minimum atomic E-state index is -0.742. The first-order valence-electron chi connectivity index (χ1n) is 5.21. The summed E-state index contributed by atoms with van der Waals surface area (Å²) in [5.41, 5.74) is 5.72. The third-order valence-electron chi connectivity index (χ3n) is 2.08. The Balaban J connectivity index is 0.000000212. The number of benzene rings is 1. The smallest absolute Gasteiger partial charge is 0.404 e. The number of ether oxygens (including phenoxy) is 1. The Labute approximate surface area is 100 Å². The molecule has 0 heterocycles. The van der Waals surface area contributed by atoms with Crippen LogP contribution in [0.5, 0.6) is 0 Å². The van der Waals surface area contributed by atoms with Gasteiger partial charge in [0.05, 0.1) is 0 Å². The Morgan fingerprint density at radius 3 is 2.44 bits per heavy atom. The average Bonchev–Trinajstić information content (AvgIpc) is 3.12. The first-order chi connectivity index (χ1) is 7.72. The van der Waals surface area contributed by atoms with Crippen molar-refractivity contribution in [2.24, 2.45) is 5.73 Å². The topological polar surface area (TPSA) is 52.3 Å². The molecule has 1 aliphatic carbocycles. The molecule has 0 aliphatic heterocycles. The van der Waals surface area contributed by atoms with E-state index < -0.39 is 6.09 Å². The first kappa shape index (κ1) is 12.9. The summed E-state index contributed by atoms with van der Waals surface area (Å²) in [4.78, 5) is 10.2. The molecule has 1 saturated carbocycles. The number of carbonyl (C=O) groups excluding carboxylic acids is 1. The van der Waals surface area contributed by atoms with Crippen LogP contribution >= 0.6 is 11.8 Å². The van der Waals surface area contributed by atoms with Crippen LogP contribution < -0.4 is 5.73 Å². The minimum Gasteiger partial charge on any atom is -0.445 e. The second kappa shape index (κ2) is 7.17. The molecule has 2 rings (SSSR count). The zero-order valence-electron chi connectivity index (χ0n) is 9.39. The zero-order valence-corrected chi connectivity index (χ0v) is 10.2. The van der Waals surface area contributed by atoms with Gasteiger partial charge in [0.25, 0.3) is 0 Å². The molecular weight excluding hydrogens is 222 g/mol. The predicted molar refractivity (Wildman–Crippen MR) is 67.4 cm³/mol. The summed E-state index contributed by atoms with van der Waals surface area (Å²) in [5, 5.41) is 1.05. The number of thioether (sulfide) groups is 1. The van der Waals surface area contributed by atoms with Crippen LogP contribution in [0.2, 0.25) is 0 Å². The third kappa shape index (κ3) is 6.35. The van der Waals surface area contributed by atoms with E-state index in [1.54, 1.807) is 0 Å². The lowest BCUT2D eigenvalue weighted by molar-refractivity contribution is 0.150. The average molecular weight is 239 g/mol. The number of carbonyl (C=O) groups is 1. The van der Waals surface area contributed by atoms with E-state index in [1.807, 2.05) is 42.1 Å². The SMILES string of the molecule is CSC1CC1.NC(=O)OCc1ccccc1. The molecule has 0 radical (unpaired) electrons. The molecular formula is C12H17NO2S. The number of amides is 1. The van der Waals surface area contributed by atoms with Crippen LogP contribution in [0.15, 0.2) is 30.3 Å². The minimum absolute atomic E-state index is 0.246. The lowest BCUT2D eigenvalue weighted by Crippen LogP contribution is -2.12. The normalized spacial score (nSPS) is 13.6. The van der Waals surface area contributed by atoms with Gasteiger partial charge in [-0.15, -0.1) is 0 Å². The lowest BCUT2D eigenvalue weighted by Gasteiger charge is -1.99. The third-order valence-corrected chi connectivity index (χ3v) is 3.22. The van der Waals surface area contributed by atoms with Gasteiger partial charge in [0, 0.05) is 5.25 Å². The van der Waals surface area contributed by atoms with Gasteiger partial charge in [-0.2, -0.15) is 11.8 Å². The van der Waals surface area contributed by atoms with Crippen LogP contribution in [0.1, 0.15) is 18.4 Å². The molecule has 16 heavy (non-hydrogen) atoms. The molecule has 0 unspecified atom stereocenters. The van der Waals surface area contributed by atoms with Crippen molar-refractivity contribution < 1.29 is 9.53 Å². The van der Waals surface area contributed by atoms with Crippen LogP contribution in [-0.2, 0) is 11.3 Å². The lowest BCUT2D eigenvalue weighted by atomic mass is 10.2. The van der Waals surface area contributed by atoms with Crippen LogP contribution in [-0.4, -0.2) is 17.6 Å². The summed E-state index contributed by atoms with van der Waals surface area (Å²) in [5.74, 6) is 0. The number of nitrogens with two attached hydrogens (primary N) is 1. The van der Waals surface area contributed by atoms with Gasteiger partial charge in [-0.1, -0.05) is 30.3 Å². The maximum absolute atomic E-state index is 10.2. The molecule has 1 fully saturated rings. The Morgan fingerprint density at radius 1 is 1.44 bits per heavy atom. The van der Waals surface area contributed by atoms with E-state index in [9.17, 15) is 4.79 Å². The molecule has 1 aromatic carbocycles. The van der Waals surface area contributed by atoms with E-state index in [0.29, 0.717) is 0 Å². The van der Waals surface area contributed by atoms with Gasteiger partial charge in [-0.25, -0.2) is 4.79 Å². The first-order valence-corrected chi connectivity index (χ1v) is 6.50. The maximum atomic E-state index is 10.2. The molecule has 0 bridgehead atoms. The Kier molecular flexibility index (Phi) is 5.78. The van der Waals surface area contributed by atoms with E-state index in [-0.39, 0.29) is 6.61 Å². The standard InChI is InChI=1S/C8H9NO2.C4H8S/c9-8(10)11-6-7-4-2-1-3-5-7;1-5-4-2-3-4/h1-5H,6H2,(H2,9,10);4H,2-3H2,1H3. The number of hydrogen-bond acceptors (Lipinski definition) is 3. The van der Waals surface area contributed by atoms with Crippen molar-refractivity contribution in [3.05, 3.63) is 35.9 Å². The molecule has 1 amide bonds. The molecule has 2 N–H and O–H groups in total. The van der Waals surface area contributed by atoms with Crippen LogP contribution in [0.4, 0.5) is 4.79 Å². The number of hydrogen-bond donors (Lipinski definition) is 1. The summed E-state index contributed by atoms with van der Waals surface area (Å²) in [6.45, 7) is 0.246. The van der Waals surface area contributed by atoms with Crippen LogP contribution in [0.25, 0.3) is 0 Å². The monoisotopic (exact) mass is 239 g/mol. The summed E-state index contributed by atoms with van der Waals surface area (Å²) in [6, 6.07) is 9.37. The van der Waals surface area contributed by atoms with Crippen molar-refractivity contribution >= 4 is 17.9 Å². The summed E-state index contributed by atoms with van der Waals surface area (Å²) in [6.07, 6.45) is 4.38. The van der Waals surface area contributed by atoms with Gasteiger partial charge < -0.3 is 10.5 Å². The van der Waals surface area contributed by atoms with Gasteiger partial charge in [-0.05, 0) is 24.7 Å². The van der Waals surface area contributed by atoms with Crippen molar-refractivity contribution in [1.29, 1.82) is 0 Å². The number of primary amides is 1. The highest BCUT2D eigenvalue weighted by Crippen LogP contribution is 2.31. The van der Waals surface area contributed by atoms with Gasteiger partial charge in [0.15, 0.2) is 0 Å². The van der Waals surface area contributed by atoms with E-state index in [1.165, 1.54) is 12.8 Å². The van der Waals surface area contributed by atoms with Crippen molar-refractivity contribution in [3.63, 3.8) is 0 Å². The summed E-state index contributed by atoms with van der Waals surface area (Å²) >= 11 is 1.99. The Bertz CT molecular complexity index is 312. The molecule has 3 nitrogen and oxygen atoms in total. The molecule has 4 heteroatoms. The Morgan fingerprint density at radius 2 is 2.06 bits per heavy atom.